The van der Waals surface area contributed by atoms with Gasteiger partial charge in [-0.3, -0.25) is 4.79 Å². The minimum atomic E-state index is -0.234. The van der Waals surface area contributed by atoms with Crippen molar-refractivity contribution in [3.8, 4) is 0 Å². The van der Waals surface area contributed by atoms with Gasteiger partial charge in [0.2, 0.25) is 5.13 Å². The van der Waals surface area contributed by atoms with Crippen molar-refractivity contribution in [2.45, 2.75) is 4.34 Å². The van der Waals surface area contributed by atoms with Crippen LogP contribution in [0.3, 0.4) is 0 Å². The summed E-state index contributed by atoms with van der Waals surface area (Å²) in [5.74, 6) is -0.0383. The van der Waals surface area contributed by atoms with Gasteiger partial charge in [0.15, 0.2) is 4.34 Å². The van der Waals surface area contributed by atoms with E-state index in [1.54, 1.807) is 18.2 Å². The second-order valence-electron chi connectivity index (χ2n) is 3.54. The molecular formula is C11H10ClN5OS2. The number of rotatable bonds is 5. The predicted octanol–water partition coefficient (Wildman–Crippen LogP) is 2.02. The Morgan fingerprint density at radius 3 is 3.10 bits per heavy atom. The van der Waals surface area contributed by atoms with Gasteiger partial charge < -0.3 is 5.73 Å². The molecule has 20 heavy (non-hydrogen) atoms. The summed E-state index contributed by atoms with van der Waals surface area (Å²) in [4.78, 5) is 11.5. The van der Waals surface area contributed by atoms with Crippen molar-refractivity contribution in [1.82, 2.24) is 15.6 Å². The fourth-order valence-corrected chi connectivity index (χ4v) is 2.83. The average Bonchev–Trinajstić information content (AvgIpc) is 2.82. The molecule has 0 aliphatic carbocycles. The third-order valence-electron chi connectivity index (χ3n) is 2.00. The summed E-state index contributed by atoms with van der Waals surface area (Å²) in [6.45, 7) is 0. The van der Waals surface area contributed by atoms with Crippen LogP contribution in [0.25, 0.3) is 0 Å². The zero-order valence-corrected chi connectivity index (χ0v) is 12.5. The first-order valence-corrected chi connectivity index (χ1v) is 7.61. The van der Waals surface area contributed by atoms with Crippen LogP contribution in [0, 0.1) is 0 Å². The molecule has 0 unspecified atom stereocenters. The Kier molecular flexibility index (Phi) is 5.33. The molecule has 1 heterocycles. The van der Waals surface area contributed by atoms with Crippen LogP contribution in [0.5, 0.6) is 0 Å². The number of hydrogen-bond donors (Lipinski definition) is 2. The number of carbonyl (C=O) groups is 1. The van der Waals surface area contributed by atoms with Crippen molar-refractivity contribution in [3.63, 3.8) is 0 Å². The van der Waals surface area contributed by atoms with Crippen LogP contribution in [-0.2, 0) is 4.79 Å². The molecule has 0 spiro atoms. The average molecular weight is 328 g/mol. The van der Waals surface area contributed by atoms with Crippen LogP contribution < -0.4 is 11.2 Å². The molecule has 1 amide bonds. The van der Waals surface area contributed by atoms with Crippen molar-refractivity contribution >= 4 is 52.0 Å². The molecule has 104 valence electrons. The smallest absolute Gasteiger partial charge is 0.250 e. The highest BCUT2D eigenvalue weighted by atomic mass is 35.5. The molecule has 2 rings (SSSR count). The number of nitrogens with one attached hydrogen (secondary N) is 1. The van der Waals surface area contributed by atoms with E-state index in [2.05, 4.69) is 20.7 Å². The third kappa shape index (κ3) is 4.80. The molecule has 0 atom stereocenters. The third-order valence-corrected chi connectivity index (χ3v) is 4.12. The van der Waals surface area contributed by atoms with E-state index >= 15 is 0 Å². The van der Waals surface area contributed by atoms with Gasteiger partial charge in [-0.15, -0.1) is 10.2 Å². The number of halogens is 1. The number of thioether (sulfide) groups is 1. The summed E-state index contributed by atoms with van der Waals surface area (Å²) >= 11 is 8.32. The Morgan fingerprint density at radius 1 is 1.55 bits per heavy atom. The summed E-state index contributed by atoms with van der Waals surface area (Å²) in [6.07, 6.45) is 1.53. The lowest BCUT2D eigenvalue weighted by Crippen LogP contribution is -2.19. The van der Waals surface area contributed by atoms with Gasteiger partial charge >= 0.3 is 0 Å². The molecular weight excluding hydrogens is 318 g/mol. The van der Waals surface area contributed by atoms with E-state index in [1.165, 1.54) is 29.3 Å². The lowest BCUT2D eigenvalue weighted by atomic mass is 10.2. The predicted molar refractivity (Wildman–Crippen MR) is 82.2 cm³/mol. The first kappa shape index (κ1) is 14.8. The maximum Gasteiger partial charge on any atom is 0.250 e. The first-order valence-electron chi connectivity index (χ1n) is 5.43. The van der Waals surface area contributed by atoms with Gasteiger partial charge in [0.25, 0.3) is 5.91 Å². The Balaban J connectivity index is 1.77. The SMILES string of the molecule is Nc1nnc(SCC(=O)NN=Cc2cccc(Cl)c2)s1. The normalized spacial score (nSPS) is 10.8. The quantitative estimate of drug-likeness (QED) is 0.498. The molecule has 0 saturated heterocycles. The van der Waals surface area contributed by atoms with Gasteiger partial charge in [0, 0.05) is 5.02 Å². The maximum atomic E-state index is 11.5. The molecule has 1 aromatic heterocycles. The molecule has 3 N–H and O–H groups in total. The number of anilines is 1. The number of hydrazone groups is 1. The van der Waals surface area contributed by atoms with Crippen LogP contribution in [-0.4, -0.2) is 28.1 Å². The van der Waals surface area contributed by atoms with E-state index in [9.17, 15) is 4.79 Å². The first-order chi connectivity index (χ1) is 9.63. The Hall–Kier alpha value is -1.64. The highest BCUT2D eigenvalue weighted by Crippen LogP contribution is 2.22. The number of amides is 1. The monoisotopic (exact) mass is 327 g/mol. The summed E-state index contributed by atoms with van der Waals surface area (Å²) in [5.41, 5.74) is 8.67. The molecule has 0 aliphatic heterocycles. The van der Waals surface area contributed by atoms with Crippen LogP contribution in [0.4, 0.5) is 5.13 Å². The molecule has 9 heteroatoms. The lowest BCUT2D eigenvalue weighted by Gasteiger charge is -1.97. The molecule has 1 aromatic carbocycles. The molecule has 0 fully saturated rings. The lowest BCUT2D eigenvalue weighted by molar-refractivity contribution is -0.118. The zero-order valence-electron chi connectivity index (χ0n) is 10.1. The van der Waals surface area contributed by atoms with E-state index in [0.29, 0.717) is 14.5 Å². The molecule has 0 saturated carbocycles. The number of carbonyl (C=O) groups excluding carboxylic acids is 1. The molecule has 6 nitrogen and oxygen atoms in total. The summed E-state index contributed by atoms with van der Waals surface area (Å²) in [7, 11) is 0. The van der Waals surface area contributed by atoms with Crippen LogP contribution >= 0.6 is 34.7 Å². The maximum absolute atomic E-state index is 11.5. The second kappa shape index (κ2) is 7.22. The highest BCUT2D eigenvalue weighted by molar-refractivity contribution is 8.01. The number of hydrogen-bond acceptors (Lipinski definition) is 7. The fourth-order valence-electron chi connectivity index (χ4n) is 1.20. The second-order valence-corrected chi connectivity index (χ2v) is 6.21. The van der Waals surface area contributed by atoms with E-state index in [-0.39, 0.29) is 11.7 Å². The number of benzene rings is 1. The Morgan fingerprint density at radius 2 is 2.40 bits per heavy atom. The van der Waals surface area contributed by atoms with Gasteiger partial charge in [0.1, 0.15) is 0 Å². The number of nitrogens with two attached hydrogens (primary N) is 1. The molecule has 0 aliphatic rings. The minimum absolute atomic E-state index is 0.196. The van der Waals surface area contributed by atoms with Gasteiger partial charge in [-0.2, -0.15) is 5.10 Å². The zero-order chi connectivity index (χ0) is 14.4. The van der Waals surface area contributed by atoms with Gasteiger partial charge in [-0.25, -0.2) is 5.43 Å². The Labute approximate surface area is 128 Å². The van der Waals surface area contributed by atoms with Crippen LogP contribution in [0.15, 0.2) is 33.7 Å². The summed E-state index contributed by atoms with van der Waals surface area (Å²) in [5, 5.41) is 12.3. The van der Waals surface area contributed by atoms with Crippen LogP contribution in [0.1, 0.15) is 5.56 Å². The summed E-state index contributed by atoms with van der Waals surface area (Å²) < 4.78 is 0.650. The van der Waals surface area contributed by atoms with Crippen molar-refractivity contribution < 1.29 is 4.79 Å². The van der Waals surface area contributed by atoms with Crippen LogP contribution in [0.2, 0.25) is 5.02 Å². The van der Waals surface area contributed by atoms with Gasteiger partial charge in [0.05, 0.1) is 12.0 Å². The topological polar surface area (TPSA) is 93.3 Å². The van der Waals surface area contributed by atoms with Crippen molar-refractivity contribution in [2.24, 2.45) is 5.10 Å². The fraction of sp³-hybridized carbons (Fsp3) is 0.0909. The molecule has 0 bridgehead atoms. The van der Waals surface area contributed by atoms with Gasteiger partial charge in [-0.05, 0) is 17.7 Å². The van der Waals surface area contributed by atoms with E-state index in [4.69, 9.17) is 17.3 Å². The van der Waals surface area contributed by atoms with Gasteiger partial charge in [-0.1, -0.05) is 46.8 Å². The minimum Gasteiger partial charge on any atom is -0.374 e. The number of nitrogens with zero attached hydrogens (tertiary/aromatic N) is 3. The van der Waals surface area contributed by atoms with Crippen molar-refractivity contribution in [3.05, 3.63) is 34.9 Å². The van der Waals surface area contributed by atoms with E-state index < -0.39 is 0 Å². The van der Waals surface area contributed by atoms with Crippen molar-refractivity contribution in [1.29, 1.82) is 0 Å². The highest BCUT2D eigenvalue weighted by Gasteiger charge is 2.05. The molecule has 0 radical (unpaired) electrons. The molecule has 2 aromatic rings. The van der Waals surface area contributed by atoms with Crippen molar-refractivity contribution in [2.75, 3.05) is 11.5 Å². The Bertz CT molecular complexity index is 631. The summed E-state index contributed by atoms with van der Waals surface area (Å²) in [6, 6.07) is 7.15. The van der Waals surface area contributed by atoms with E-state index in [1.807, 2.05) is 6.07 Å². The number of aromatic nitrogens is 2. The number of nitrogen functional groups attached to an aromatic ring is 1. The largest absolute Gasteiger partial charge is 0.374 e. The van der Waals surface area contributed by atoms with E-state index in [0.717, 1.165) is 5.56 Å². The standard InChI is InChI=1S/C11H10ClN5OS2/c12-8-3-1-2-7(4-8)5-14-15-9(18)6-19-11-17-16-10(13)20-11/h1-5H,6H2,(H2,13,16)(H,15,18).